The maximum absolute atomic E-state index is 11.8. The van der Waals surface area contributed by atoms with Crippen molar-refractivity contribution in [3.05, 3.63) is 29.8 Å². The second-order valence-electron chi connectivity index (χ2n) is 5.69. The third-order valence-electron chi connectivity index (χ3n) is 2.45. The molecule has 102 valence electrons. The third-order valence-corrected chi connectivity index (χ3v) is 2.45. The van der Waals surface area contributed by atoms with Crippen LogP contribution in [-0.4, -0.2) is 17.5 Å². The normalized spacial score (nSPS) is 12.4. The van der Waals surface area contributed by atoms with Gasteiger partial charge < -0.3 is 10.6 Å². The average molecular weight is 259 g/mol. The monoisotopic (exact) mass is 259 g/mol. The molecule has 1 aromatic rings. The van der Waals surface area contributed by atoms with E-state index in [1.54, 1.807) is 0 Å². The Morgan fingerprint density at radius 1 is 1.32 bits per heavy atom. The Morgan fingerprint density at radius 2 is 1.89 bits per heavy atom. The van der Waals surface area contributed by atoms with Gasteiger partial charge in [0, 0.05) is 11.2 Å². The molecule has 0 aliphatic heterocycles. The lowest BCUT2D eigenvalue weighted by Gasteiger charge is -2.21. The van der Waals surface area contributed by atoms with Gasteiger partial charge in [-0.05, 0) is 39.8 Å². The Bertz CT molecular complexity index is 466. The topological polar surface area (TPSA) is 64.9 Å². The molecule has 0 spiro atoms. The maximum atomic E-state index is 11.8. The molecule has 0 aliphatic carbocycles. The highest BCUT2D eigenvalue weighted by molar-refractivity contribution is 5.78. The zero-order chi connectivity index (χ0) is 14.5. The van der Waals surface area contributed by atoms with Crippen LogP contribution in [0.2, 0.25) is 0 Å². The van der Waals surface area contributed by atoms with Crippen LogP contribution >= 0.6 is 0 Å². The molecule has 4 heteroatoms. The summed E-state index contributed by atoms with van der Waals surface area (Å²) in [6.45, 7) is 7.75. The molecule has 1 aromatic carbocycles. The highest BCUT2D eigenvalue weighted by Crippen LogP contribution is 2.11. The second-order valence-corrected chi connectivity index (χ2v) is 5.69. The summed E-state index contributed by atoms with van der Waals surface area (Å²) in [5, 5.41) is 15.0. The molecule has 0 saturated carbocycles. The predicted octanol–water partition coefficient (Wildman–Crippen LogP) is 2.60. The molecule has 0 bridgehead atoms. The number of carbonyl (C=O) groups is 1. The molecule has 0 radical (unpaired) electrons. The lowest BCUT2D eigenvalue weighted by atomic mass is 10.1. The maximum Gasteiger partial charge on any atom is 0.223 e. The van der Waals surface area contributed by atoms with Crippen LogP contribution in [0.1, 0.15) is 32.8 Å². The summed E-state index contributed by atoms with van der Waals surface area (Å²) < 4.78 is 0. The number of nitriles is 1. The summed E-state index contributed by atoms with van der Waals surface area (Å²) in [5.74, 6) is -0.126. The van der Waals surface area contributed by atoms with E-state index in [1.807, 2.05) is 52.0 Å². The largest absolute Gasteiger partial charge is 0.369 e. The van der Waals surface area contributed by atoms with E-state index in [0.29, 0.717) is 0 Å². The molecule has 1 unspecified atom stereocenters. The smallest absolute Gasteiger partial charge is 0.223 e. The minimum absolute atomic E-state index is 0.126. The van der Waals surface area contributed by atoms with Crippen molar-refractivity contribution in [3.63, 3.8) is 0 Å². The molecule has 0 saturated heterocycles. The molecule has 1 atom stereocenters. The molecule has 2 N–H and O–H groups in total. The number of nitrogens with zero attached hydrogens (tertiary/aromatic N) is 1. The van der Waals surface area contributed by atoms with Crippen molar-refractivity contribution in [3.8, 4) is 6.07 Å². The van der Waals surface area contributed by atoms with Crippen molar-refractivity contribution in [2.45, 2.75) is 45.7 Å². The van der Waals surface area contributed by atoms with Gasteiger partial charge in [0.25, 0.3) is 0 Å². The lowest BCUT2D eigenvalue weighted by Crippen LogP contribution is -2.42. The Labute approximate surface area is 114 Å². The Kier molecular flexibility index (Phi) is 4.94. The van der Waals surface area contributed by atoms with Crippen LogP contribution in [0, 0.1) is 18.3 Å². The third kappa shape index (κ3) is 5.91. The van der Waals surface area contributed by atoms with Gasteiger partial charge in [0.05, 0.1) is 12.5 Å². The summed E-state index contributed by atoms with van der Waals surface area (Å²) in [5.41, 5.74) is 1.73. The molecule has 0 fully saturated rings. The van der Waals surface area contributed by atoms with Crippen molar-refractivity contribution in [1.82, 2.24) is 5.32 Å². The van der Waals surface area contributed by atoms with Gasteiger partial charge >= 0.3 is 0 Å². The lowest BCUT2D eigenvalue weighted by molar-refractivity contribution is -0.122. The van der Waals surface area contributed by atoms with E-state index in [0.717, 1.165) is 11.3 Å². The number of benzene rings is 1. The summed E-state index contributed by atoms with van der Waals surface area (Å²) in [7, 11) is 0. The van der Waals surface area contributed by atoms with E-state index in [9.17, 15) is 4.79 Å². The summed E-state index contributed by atoms with van der Waals surface area (Å²) in [4.78, 5) is 11.8. The van der Waals surface area contributed by atoms with Crippen molar-refractivity contribution < 1.29 is 4.79 Å². The van der Waals surface area contributed by atoms with Crippen LogP contribution in [0.25, 0.3) is 0 Å². The van der Waals surface area contributed by atoms with Crippen LogP contribution in [0.4, 0.5) is 5.69 Å². The number of hydrogen-bond donors (Lipinski definition) is 2. The molecule has 0 heterocycles. The average Bonchev–Trinajstić information content (AvgIpc) is 2.28. The highest BCUT2D eigenvalue weighted by atomic mass is 16.1. The molecule has 1 amide bonds. The van der Waals surface area contributed by atoms with Crippen molar-refractivity contribution in [1.29, 1.82) is 5.26 Å². The van der Waals surface area contributed by atoms with Gasteiger partial charge in [-0.2, -0.15) is 5.26 Å². The van der Waals surface area contributed by atoms with Gasteiger partial charge in [0.2, 0.25) is 5.91 Å². The van der Waals surface area contributed by atoms with Crippen LogP contribution in [-0.2, 0) is 4.79 Å². The number of nitrogens with one attached hydrogen (secondary N) is 2. The molecular formula is C15H21N3O. The quantitative estimate of drug-likeness (QED) is 0.873. The zero-order valence-electron chi connectivity index (χ0n) is 11.9. The Balaban J connectivity index is 2.57. The summed E-state index contributed by atoms with van der Waals surface area (Å²) >= 11 is 0. The zero-order valence-corrected chi connectivity index (χ0v) is 11.9. The molecule has 1 rings (SSSR count). The number of carbonyl (C=O) groups excluding carboxylic acids is 1. The van der Waals surface area contributed by atoms with Gasteiger partial charge in [-0.25, -0.2) is 0 Å². The minimum Gasteiger partial charge on any atom is -0.369 e. The standard InChI is InChI=1S/C15H21N3O/c1-11-5-7-12(8-6-11)17-13(10-16)9-14(19)18-15(2,3)4/h5-8,13,17H,9H2,1-4H3,(H,18,19). The first-order valence-electron chi connectivity index (χ1n) is 6.34. The fourth-order valence-corrected chi connectivity index (χ4v) is 1.63. The van der Waals surface area contributed by atoms with Gasteiger partial charge in [-0.1, -0.05) is 17.7 Å². The molecule has 4 nitrogen and oxygen atoms in total. The van der Waals surface area contributed by atoms with Gasteiger partial charge in [-0.15, -0.1) is 0 Å². The van der Waals surface area contributed by atoms with E-state index in [1.165, 1.54) is 0 Å². The van der Waals surface area contributed by atoms with Crippen LogP contribution in [0.3, 0.4) is 0 Å². The van der Waals surface area contributed by atoms with Crippen molar-refractivity contribution >= 4 is 11.6 Å². The fourth-order valence-electron chi connectivity index (χ4n) is 1.63. The predicted molar refractivity (Wildman–Crippen MR) is 76.7 cm³/mol. The molecule has 19 heavy (non-hydrogen) atoms. The van der Waals surface area contributed by atoms with Crippen LogP contribution in [0.5, 0.6) is 0 Å². The van der Waals surface area contributed by atoms with Gasteiger partial charge in [-0.3, -0.25) is 4.79 Å². The fraction of sp³-hybridized carbons (Fsp3) is 0.467. The van der Waals surface area contributed by atoms with Crippen LogP contribution in [0.15, 0.2) is 24.3 Å². The van der Waals surface area contributed by atoms with Crippen molar-refractivity contribution in [2.24, 2.45) is 0 Å². The summed E-state index contributed by atoms with van der Waals surface area (Å²) in [6.07, 6.45) is 0.141. The second kappa shape index (κ2) is 6.24. The van der Waals surface area contributed by atoms with E-state index < -0.39 is 6.04 Å². The molecular weight excluding hydrogens is 238 g/mol. The first-order chi connectivity index (χ1) is 8.80. The number of aryl methyl sites for hydroxylation is 1. The molecule has 0 aromatic heterocycles. The van der Waals surface area contributed by atoms with E-state index >= 15 is 0 Å². The number of anilines is 1. The van der Waals surface area contributed by atoms with Crippen LogP contribution < -0.4 is 10.6 Å². The minimum atomic E-state index is -0.523. The number of amides is 1. The molecule has 0 aliphatic rings. The van der Waals surface area contributed by atoms with E-state index in [2.05, 4.69) is 16.7 Å². The van der Waals surface area contributed by atoms with E-state index in [-0.39, 0.29) is 17.9 Å². The van der Waals surface area contributed by atoms with E-state index in [4.69, 9.17) is 5.26 Å². The van der Waals surface area contributed by atoms with Gasteiger partial charge in [0.15, 0.2) is 0 Å². The van der Waals surface area contributed by atoms with Gasteiger partial charge in [0.1, 0.15) is 6.04 Å². The first kappa shape index (κ1) is 15.0. The first-order valence-corrected chi connectivity index (χ1v) is 6.34. The number of hydrogen-bond acceptors (Lipinski definition) is 3. The number of rotatable bonds is 4. The highest BCUT2D eigenvalue weighted by Gasteiger charge is 2.18. The van der Waals surface area contributed by atoms with Crippen molar-refractivity contribution in [2.75, 3.05) is 5.32 Å². The SMILES string of the molecule is Cc1ccc(NC(C#N)CC(=O)NC(C)(C)C)cc1. The Hall–Kier alpha value is -2.02. The summed E-state index contributed by atoms with van der Waals surface area (Å²) in [6, 6.07) is 9.32. The Morgan fingerprint density at radius 3 is 2.37 bits per heavy atom.